The molecule has 0 spiro atoms. The number of carbonyl (C=O) groups excluding carboxylic acids is 1. The van der Waals surface area contributed by atoms with E-state index in [0.717, 1.165) is 45.3 Å². The zero-order valence-corrected chi connectivity index (χ0v) is 12.2. The van der Waals surface area contributed by atoms with Gasteiger partial charge in [0.15, 0.2) is 0 Å². The molecule has 1 aliphatic rings. The van der Waals surface area contributed by atoms with Crippen molar-refractivity contribution in [3.8, 4) is 0 Å². The van der Waals surface area contributed by atoms with Crippen LogP contribution < -0.4 is 5.32 Å². The zero-order valence-electron chi connectivity index (χ0n) is 12.2. The number of hydrogen-bond donors (Lipinski definition) is 2. The van der Waals surface area contributed by atoms with Crippen LogP contribution in [0.3, 0.4) is 0 Å². The third-order valence-electron chi connectivity index (χ3n) is 3.68. The monoisotopic (exact) mass is 272 g/mol. The molecule has 1 aliphatic heterocycles. The van der Waals surface area contributed by atoms with Crippen LogP contribution >= 0.6 is 0 Å². The van der Waals surface area contributed by atoms with E-state index in [0.29, 0.717) is 6.61 Å². The fraction of sp³-hybridized carbons (Fsp3) is 0.929. The van der Waals surface area contributed by atoms with Gasteiger partial charge in [0.25, 0.3) is 0 Å². The third-order valence-corrected chi connectivity index (χ3v) is 3.68. The summed E-state index contributed by atoms with van der Waals surface area (Å²) in [5.74, 6) is 0.128. The lowest BCUT2D eigenvalue weighted by atomic mass is 10.1. The molecule has 0 aromatic heterocycles. The highest BCUT2D eigenvalue weighted by molar-refractivity contribution is 5.81. The van der Waals surface area contributed by atoms with Gasteiger partial charge in [0.05, 0.1) is 25.4 Å². The number of aliphatic hydroxyl groups is 1. The second-order valence-electron chi connectivity index (χ2n) is 5.15. The molecule has 5 heteroatoms. The molecule has 0 bridgehead atoms. The molecule has 0 aromatic carbocycles. The third kappa shape index (κ3) is 5.89. The Bertz CT molecular complexity index is 253. The van der Waals surface area contributed by atoms with Crippen LogP contribution in [0, 0.1) is 0 Å². The summed E-state index contributed by atoms with van der Waals surface area (Å²) in [6.07, 6.45) is 4.25. The van der Waals surface area contributed by atoms with Crippen LogP contribution in [0.5, 0.6) is 0 Å². The first kappa shape index (κ1) is 16.4. The molecule has 1 unspecified atom stereocenters. The Morgan fingerprint density at radius 1 is 1.47 bits per heavy atom. The minimum Gasteiger partial charge on any atom is -0.394 e. The first-order valence-corrected chi connectivity index (χ1v) is 7.43. The van der Waals surface area contributed by atoms with E-state index in [9.17, 15) is 4.79 Å². The highest BCUT2D eigenvalue weighted by Crippen LogP contribution is 2.15. The number of ether oxygens (including phenoxy) is 1. The largest absolute Gasteiger partial charge is 0.394 e. The number of rotatable bonds is 8. The van der Waals surface area contributed by atoms with E-state index in [2.05, 4.69) is 17.1 Å². The Labute approximate surface area is 116 Å². The van der Waals surface area contributed by atoms with E-state index < -0.39 is 0 Å². The average Bonchev–Trinajstić information content (AvgIpc) is 2.45. The highest BCUT2D eigenvalue weighted by atomic mass is 16.5. The summed E-state index contributed by atoms with van der Waals surface area (Å²) in [5, 5.41) is 11.7. The van der Waals surface area contributed by atoms with Gasteiger partial charge in [-0.1, -0.05) is 13.3 Å². The fourth-order valence-corrected chi connectivity index (χ4v) is 2.35. The lowest BCUT2D eigenvalue weighted by Crippen LogP contribution is -2.49. The van der Waals surface area contributed by atoms with Crippen molar-refractivity contribution in [3.63, 3.8) is 0 Å². The molecule has 19 heavy (non-hydrogen) atoms. The normalized spacial score (nSPS) is 19.3. The number of piperidine rings is 1. The molecule has 1 heterocycles. The van der Waals surface area contributed by atoms with Gasteiger partial charge in [0, 0.05) is 19.6 Å². The minimum absolute atomic E-state index is 0.0596. The van der Waals surface area contributed by atoms with Gasteiger partial charge in [-0.3, -0.25) is 9.69 Å². The van der Waals surface area contributed by atoms with Crippen molar-refractivity contribution >= 4 is 5.91 Å². The summed E-state index contributed by atoms with van der Waals surface area (Å²) in [6.45, 7) is 7.13. The zero-order chi connectivity index (χ0) is 14.1. The Morgan fingerprint density at radius 3 is 2.74 bits per heavy atom. The molecule has 0 radical (unpaired) electrons. The van der Waals surface area contributed by atoms with Gasteiger partial charge in [-0.05, 0) is 26.2 Å². The smallest absolute Gasteiger partial charge is 0.237 e. The lowest BCUT2D eigenvalue weighted by Gasteiger charge is -2.35. The van der Waals surface area contributed by atoms with Crippen molar-refractivity contribution in [1.82, 2.24) is 10.2 Å². The van der Waals surface area contributed by atoms with Crippen LogP contribution in [0.4, 0.5) is 0 Å². The van der Waals surface area contributed by atoms with Crippen molar-refractivity contribution in [2.75, 3.05) is 32.8 Å². The van der Waals surface area contributed by atoms with E-state index in [-0.39, 0.29) is 24.7 Å². The van der Waals surface area contributed by atoms with Gasteiger partial charge in [-0.15, -0.1) is 0 Å². The Kier molecular flexibility index (Phi) is 8.02. The molecule has 1 atom stereocenters. The fourth-order valence-electron chi connectivity index (χ4n) is 2.35. The maximum absolute atomic E-state index is 12.0. The summed E-state index contributed by atoms with van der Waals surface area (Å²) in [6, 6.07) is -0.0596. The maximum atomic E-state index is 12.0. The van der Waals surface area contributed by atoms with Crippen molar-refractivity contribution < 1.29 is 14.6 Å². The minimum atomic E-state index is -0.0596. The SMILES string of the molecule is CCCCNC(=O)C(C)N1CCC(OCCO)CC1. The van der Waals surface area contributed by atoms with E-state index >= 15 is 0 Å². The number of amides is 1. The molecule has 1 fully saturated rings. The van der Waals surface area contributed by atoms with Crippen LogP contribution in [0.2, 0.25) is 0 Å². The van der Waals surface area contributed by atoms with Gasteiger partial charge in [0.2, 0.25) is 5.91 Å². The summed E-state index contributed by atoms with van der Waals surface area (Å²) in [7, 11) is 0. The summed E-state index contributed by atoms with van der Waals surface area (Å²) < 4.78 is 5.52. The van der Waals surface area contributed by atoms with Crippen LogP contribution in [-0.4, -0.2) is 60.9 Å². The molecular formula is C14H28N2O3. The number of nitrogens with one attached hydrogen (secondary N) is 1. The topological polar surface area (TPSA) is 61.8 Å². The highest BCUT2D eigenvalue weighted by Gasteiger charge is 2.26. The van der Waals surface area contributed by atoms with Gasteiger partial charge in [-0.25, -0.2) is 0 Å². The lowest BCUT2D eigenvalue weighted by molar-refractivity contribution is -0.127. The number of unbranched alkanes of at least 4 members (excludes halogenated alkanes) is 1. The number of hydrogen-bond acceptors (Lipinski definition) is 4. The number of aliphatic hydroxyl groups excluding tert-OH is 1. The molecular weight excluding hydrogens is 244 g/mol. The van der Waals surface area contributed by atoms with E-state index in [1.54, 1.807) is 0 Å². The van der Waals surface area contributed by atoms with Crippen molar-refractivity contribution in [2.45, 2.75) is 51.7 Å². The second kappa shape index (κ2) is 9.28. The molecule has 1 saturated heterocycles. The second-order valence-corrected chi connectivity index (χ2v) is 5.15. The summed E-state index contributed by atoms with van der Waals surface area (Å²) in [4.78, 5) is 14.2. The van der Waals surface area contributed by atoms with Gasteiger partial charge in [-0.2, -0.15) is 0 Å². The number of likely N-dealkylation sites (tertiary alicyclic amines) is 1. The molecule has 112 valence electrons. The van der Waals surface area contributed by atoms with Gasteiger partial charge >= 0.3 is 0 Å². The van der Waals surface area contributed by atoms with Gasteiger partial charge < -0.3 is 15.2 Å². The van der Waals surface area contributed by atoms with E-state index in [1.807, 2.05) is 6.92 Å². The first-order valence-electron chi connectivity index (χ1n) is 7.43. The predicted octanol–water partition coefficient (Wildman–Crippen LogP) is 0.765. The van der Waals surface area contributed by atoms with Crippen LogP contribution in [0.25, 0.3) is 0 Å². The molecule has 5 nitrogen and oxygen atoms in total. The number of carbonyl (C=O) groups is 1. The Balaban J connectivity index is 2.23. The standard InChI is InChI=1S/C14H28N2O3/c1-3-4-7-15-14(18)12(2)16-8-5-13(6-9-16)19-11-10-17/h12-13,17H,3-11H2,1-2H3,(H,15,18). The molecule has 0 aromatic rings. The molecule has 2 N–H and O–H groups in total. The van der Waals surface area contributed by atoms with E-state index in [1.165, 1.54) is 0 Å². The van der Waals surface area contributed by atoms with Crippen molar-refractivity contribution in [3.05, 3.63) is 0 Å². The van der Waals surface area contributed by atoms with Crippen molar-refractivity contribution in [2.24, 2.45) is 0 Å². The quantitative estimate of drug-likeness (QED) is 0.641. The van der Waals surface area contributed by atoms with Gasteiger partial charge in [0.1, 0.15) is 0 Å². The molecule has 0 saturated carbocycles. The van der Waals surface area contributed by atoms with E-state index in [4.69, 9.17) is 9.84 Å². The average molecular weight is 272 g/mol. The summed E-state index contributed by atoms with van der Waals surface area (Å²) >= 11 is 0. The van der Waals surface area contributed by atoms with Crippen LogP contribution in [-0.2, 0) is 9.53 Å². The molecule has 1 rings (SSSR count). The Hall–Kier alpha value is -0.650. The van der Waals surface area contributed by atoms with Crippen LogP contribution in [0.1, 0.15) is 39.5 Å². The van der Waals surface area contributed by atoms with Crippen molar-refractivity contribution in [1.29, 1.82) is 0 Å². The Morgan fingerprint density at radius 2 is 2.16 bits per heavy atom. The predicted molar refractivity (Wildman–Crippen MR) is 75.0 cm³/mol. The number of nitrogens with zero attached hydrogens (tertiary/aromatic N) is 1. The summed E-state index contributed by atoms with van der Waals surface area (Å²) in [5.41, 5.74) is 0. The van der Waals surface area contributed by atoms with Crippen LogP contribution in [0.15, 0.2) is 0 Å². The molecule has 0 aliphatic carbocycles. The first-order chi connectivity index (χ1) is 9.19. The maximum Gasteiger partial charge on any atom is 0.237 e. The molecule has 1 amide bonds.